The monoisotopic (exact) mass is 902 g/mol. The highest BCUT2D eigenvalue weighted by Crippen LogP contribution is 2.43. The molecule has 3 aliphatic heterocycles. The Hall–Kier alpha value is -4.90. The van der Waals surface area contributed by atoms with Crippen molar-refractivity contribution in [3.8, 4) is 23.3 Å². The van der Waals surface area contributed by atoms with Gasteiger partial charge in [0.25, 0.3) is 0 Å². The zero-order chi connectivity index (χ0) is 46.4. The van der Waals surface area contributed by atoms with E-state index in [1.807, 2.05) is 18.2 Å². The van der Waals surface area contributed by atoms with Gasteiger partial charge in [-0.15, -0.1) is 0 Å². The first-order chi connectivity index (χ1) is 31.8. The fraction of sp³-hybridized carbons (Fsp3) is 0.556. The fourth-order valence-corrected chi connectivity index (χ4v) is 11.7. The second-order valence-corrected chi connectivity index (χ2v) is 20.0. The van der Waals surface area contributed by atoms with Crippen molar-refractivity contribution in [1.82, 2.24) is 16.0 Å². The summed E-state index contributed by atoms with van der Waals surface area (Å²) >= 11 is 0. The Balaban J connectivity index is 1.26. The number of carbonyl (C=O) groups is 1. The average Bonchev–Trinajstić information content (AvgIpc) is 3.27. The van der Waals surface area contributed by atoms with E-state index in [0.717, 1.165) is 50.8 Å². The average molecular weight is 902 g/mol. The van der Waals surface area contributed by atoms with Crippen molar-refractivity contribution in [1.29, 1.82) is 0 Å². The summed E-state index contributed by atoms with van der Waals surface area (Å²) in [7, 11) is 0. The van der Waals surface area contributed by atoms with E-state index in [1.54, 1.807) is 6.07 Å². The summed E-state index contributed by atoms with van der Waals surface area (Å²) < 4.78 is 12.9. The summed E-state index contributed by atoms with van der Waals surface area (Å²) in [6.45, 7) is 8.00. The molecule has 9 N–H and O–H groups in total. The number of ether oxygens (including phenoxy) is 2. The smallest absolute Gasteiger partial charge is 0.302 e. The van der Waals surface area contributed by atoms with E-state index in [-0.39, 0.29) is 48.2 Å². The number of carbonyl (C=O) groups excluding carboxylic acids is 1. The molecule has 5 aliphatic rings. The van der Waals surface area contributed by atoms with Crippen molar-refractivity contribution in [2.75, 3.05) is 26.2 Å². The largest absolute Gasteiger partial charge is 0.504 e. The van der Waals surface area contributed by atoms with Crippen molar-refractivity contribution in [3.05, 3.63) is 106 Å². The van der Waals surface area contributed by atoms with Crippen LogP contribution in [0, 0.1) is 42.9 Å². The van der Waals surface area contributed by atoms with Crippen LogP contribution in [0.25, 0.3) is 0 Å². The fourth-order valence-electron chi connectivity index (χ4n) is 11.7. The number of hydrogen-bond donors (Lipinski definition) is 8. The topological polar surface area (TPSA) is 191 Å². The summed E-state index contributed by atoms with van der Waals surface area (Å²) in [6, 6.07) is 18.4. The Bertz CT molecular complexity index is 2300. The summed E-state index contributed by atoms with van der Waals surface area (Å²) in [6.07, 6.45) is 8.24. The Labute approximate surface area is 390 Å². The van der Waals surface area contributed by atoms with Crippen molar-refractivity contribution < 1.29 is 34.7 Å². The van der Waals surface area contributed by atoms with Crippen molar-refractivity contribution in [3.63, 3.8) is 0 Å². The van der Waals surface area contributed by atoms with Crippen LogP contribution in [0.15, 0.2) is 71.7 Å². The number of aliphatic hydroxyl groups is 3. The minimum absolute atomic E-state index is 0.0385. The molecule has 3 aromatic carbocycles. The van der Waals surface area contributed by atoms with Gasteiger partial charge in [0, 0.05) is 56.1 Å². The molecule has 3 heterocycles. The standard InChI is InChI=1S/C54H71N5O7/c1-34-21-35(2)23-38(22-34)25-42-31-57-52(55)59-50-10-5-11-51(64)54(50)17-12-39-9-6-16-53(33-56-19-14-37-7-4-8-40(42)24-37)30-45(15-20-58-53)66-49-28-41(43(32-60)27-47(49)63)26-46(39)48(65-36(3)61)29-44(62)13-18-54/h4-5,7-8,10,21-24,27-28,39,42,44-46,48,50-51,56,58,60,62-64H,6,9,11,13-16,18-20,25-26,29-33H2,1-3H3,(H3,55,57,59). The third-order valence-corrected chi connectivity index (χ3v) is 15.0. The Morgan fingerprint density at radius 2 is 1.88 bits per heavy atom. The number of aromatic hydroxyl groups is 1. The van der Waals surface area contributed by atoms with Crippen molar-refractivity contribution in [2.24, 2.45) is 28.0 Å². The van der Waals surface area contributed by atoms with Crippen LogP contribution in [0.5, 0.6) is 11.5 Å². The molecule has 2 spiro atoms. The molecule has 0 aromatic heterocycles. The molecule has 0 amide bonds. The van der Waals surface area contributed by atoms with Gasteiger partial charge in [-0.2, -0.15) is 0 Å². The number of aliphatic imine (C=N–C) groups is 1. The van der Waals surface area contributed by atoms with Gasteiger partial charge >= 0.3 is 5.97 Å². The van der Waals surface area contributed by atoms with Gasteiger partial charge in [-0.25, -0.2) is 0 Å². The number of rotatable bonds is 4. The third kappa shape index (κ3) is 11.3. The van der Waals surface area contributed by atoms with Crippen LogP contribution in [0.2, 0.25) is 0 Å². The molecule has 3 aromatic rings. The Kier molecular flexibility index (Phi) is 15.1. The lowest BCUT2D eigenvalue weighted by Gasteiger charge is -2.43. The molecule has 8 rings (SSSR count). The molecule has 8 bridgehead atoms. The van der Waals surface area contributed by atoms with Gasteiger partial charge in [-0.3, -0.25) is 9.79 Å². The molecule has 10 unspecified atom stereocenters. The minimum atomic E-state index is -1.04. The molecule has 66 heavy (non-hydrogen) atoms. The van der Waals surface area contributed by atoms with Crippen LogP contribution in [0.4, 0.5) is 0 Å². The lowest BCUT2D eigenvalue weighted by Crippen LogP contribution is -2.59. The van der Waals surface area contributed by atoms with Gasteiger partial charge in [-0.05, 0) is 125 Å². The van der Waals surface area contributed by atoms with Crippen LogP contribution < -0.4 is 26.4 Å². The number of esters is 1. The van der Waals surface area contributed by atoms with E-state index in [2.05, 4.69) is 84.1 Å². The molecule has 2 aliphatic carbocycles. The number of fused-ring (bicyclic) bond motifs is 7. The second kappa shape index (κ2) is 20.9. The maximum absolute atomic E-state index is 12.9. The number of nitrogens with zero attached hydrogens (tertiary/aromatic N) is 1. The molecule has 1 saturated heterocycles. The number of nitrogens with two attached hydrogens (primary N) is 1. The molecule has 12 nitrogen and oxygen atoms in total. The Morgan fingerprint density at radius 1 is 1.05 bits per heavy atom. The third-order valence-electron chi connectivity index (χ3n) is 15.0. The van der Waals surface area contributed by atoms with Crippen LogP contribution in [-0.2, 0) is 35.4 Å². The molecular weight excluding hydrogens is 831 g/mol. The van der Waals surface area contributed by atoms with Crippen LogP contribution in [0.3, 0.4) is 0 Å². The van der Waals surface area contributed by atoms with Crippen molar-refractivity contribution >= 4 is 11.9 Å². The van der Waals surface area contributed by atoms with E-state index in [1.165, 1.54) is 34.7 Å². The zero-order valence-electron chi connectivity index (χ0n) is 39.0. The molecule has 1 fully saturated rings. The number of phenols is 1. The SMILES string of the molecule is CC(=O)OC1CC(O)CCC23C#CC4CCCC5(CNCCc6cccc(c6)C(Cc6cc(C)cc(C)c6)CN=C(N)NC2C=CCC3O)CC(CCN5)Oc2cc(c(CO)cc2O)CC41. The van der Waals surface area contributed by atoms with E-state index < -0.39 is 41.7 Å². The predicted octanol–water partition coefficient (Wildman–Crippen LogP) is 5.56. The minimum Gasteiger partial charge on any atom is -0.504 e. The number of hydrogen-bond acceptors (Lipinski definition) is 12. The molecular formula is C54H71N5O7. The van der Waals surface area contributed by atoms with Crippen LogP contribution in [-0.4, -0.2) is 94.5 Å². The summed E-state index contributed by atoms with van der Waals surface area (Å²) in [5.41, 5.74) is 12.9. The van der Waals surface area contributed by atoms with E-state index in [4.69, 9.17) is 20.2 Å². The molecule has 10 atom stereocenters. The molecule has 0 saturated carbocycles. The van der Waals surface area contributed by atoms with E-state index in [0.29, 0.717) is 62.9 Å². The van der Waals surface area contributed by atoms with E-state index in [9.17, 15) is 25.2 Å². The van der Waals surface area contributed by atoms with Crippen LogP contribution in [0.1, 0.15) is 110 Å². The lowest BCUT2D eigenvalue weighted by molar-refractivity contribution is -0.152. The van der Waals surface area contributed by atoms with Gasteiger partial charge in [0.15, 0.2) is 17.5 Å². The first-order valence-electron chi connectivity index (χ1n) is 24.3. The van der Waals surface area contributed by atoms with E-state index >= 15 is 0 Å². The highest BCUT2D eigenvalue weighted by molar-refractivity contribution is 5.78. The molecule has 354 valence electrons. The number of aliphatic hydroxyl groups excluding tert-OH is 3. The first kappa shape index (κ1) is 47.6. The number of piperidine rings is 1. The highest BCUT2D eigenvalue weighted by atomic mass is 16.5. The quantitative estimate of drug-likeness (QED) is 0.0930. The summed E-state index contributed by atoms with van der Waals surface area (Å²) in [5.74, 6) is 6.80. The lowest BCUT2D eigenvalue weighted by atomic mass is 9.66. The van der Waals surface area contributed by atoms with Gasteiger partial charge < -0.3 is 51.6 Å². The number of aryl methyl sites for hydroxylation is 2. The normalized spacial score (nSPS) is 31.8. The molecule has 0 radical (unpaired) electrons. The van der Waals surface area contributed by atoms with Gasteiger partial charge in [-0.1, -0.05) is 84.0 Å². The number of benzene rings is 3. The first-order valence-corrected chi connectivity index (χ1v) is 24.3. The highest BCUT2D eigenvalue weighted by Gasteiger charge is 2.47. The number of nitrogens with one attached hydrogen (secondary N) is 3. The maximum atomic E-state index is 12.9. The zero-order valence-corrected chi connectivity index (χ0v) is 39.0. The van der Waals surface area contributed by atoms with Gasteiger partial charge in [0.1, 0.15) is 12.2 Å². The molecule has 12 heteroatoms. The van der Waals surface area contributed by atoms with Crippen molar-refractivity contribution in [2.45, 2.75) is 146 Å². The number of phenolic OH excluding ortho intramolecular Hbond substituents is 1. The summed E-state index contributed by atoms with van der Waals surface area (Å²) in [4.78, 5) is 17.9. The maximum Gasteiger partial charge on any atom is 0.302 e. The van der Waals surface area contributed by atoms with Gasteiger partial charge in [0.05, 0.1) is 30.3 Å². The summed E-state index contributed by atoms with van der Waals surface area (Å²) in [5, 5.41) is 57.3. The second-order valence-electron chi connectivity index (χ2n) is 20.0. The van der Waals surface area contributed by atoms with Gasteiger partial charge in [0.2, 0.25) is 0 Å². The van der Waals surface area contributed by atoms with Crippen LogP contribution >= 0.6 is 0 Å². The number of guanidine groups is 1. The Morgan fingerprint density at radius 3 is 2.68 bits per heavy atom. The predicted molar refractivity (Wildman–Crippen MR) is 257 cm³/mol.